The number of likely N-dealkylation sites (N-methyl/N-ethyl adjacent to an activating group) is 1. The Morgan fingerprint density at radius 2 is 2.17 bits per heavy atom. The smallest absolute Gasteiger partial charge is 0.275 e. The quantitative estimate of drug-likeness (QED) is 0.744. The molecule has 1 amide bonds. The van der Waals surface area contributed by atoms with Crippen molar-refractivity contribution in [1.29, 1.82) is 0 Å². The van der Waals surface area contributed by atoms with Gasteiger partial charge in [-0.2, -0.15) is 0 Å². The van der Waals surface area contributed by atoms with E-state index in [0.717, 1.165) is 35.6 Å². The van der Waals surface area contributed by atoms with Crippen LogP contribution in [0.5, 0.6) is 5.75 Å². The number of hydrogen-bond acceptors (Lipinski definition) is 2. The predicted octanol–water partition coefficient (Wildman–Crippen LogP) is -0.0115. The van der Waals surface area contributed by atoms with E-state index in [1.807, 2.05) is 31.3 Å². The Kier molecular flexibility index (Phi) is 4.20. The maximum Gasteiger partial charge on any atom is 0.275 e. The summed E-state index contributed by atoms with van der Waals surface area (Å²) >= 11 is 0. The number of quaternary nitrogens is 1. The van der Waals surface area contributed by atoms with Gasteiger partial charge in [0.2, 0.25) is 0 Å². The fourth-order valence-electron chi connectivity index (χ4n) is 2.02. The van der Waals surface area contributed by atoms with Crippen molar-refractivity contribution in [2.45, 2.75) is 25.4 Å². The fraction of sp³-hybridized carbons (Fsp3) is 0.500. The van der Waals surface area contributed by atoms with E-state index in [2.05, 4.69) is 5.32 Å². The molecular formula is C14H21N2O2+. The van der Waals surface area contributed by atoms with E-state index >= 15 is 0 Å². The molecule has 1 aliphatic carbocycles. The number of amides is 1. The largest absolute Gasteiger partial charge is 0.496 e. The minimum atomic E-state index is 0.143. The van der Waals surface area contributed by atoms with Crippen molar-refractivity contribution in [1.82, 2.24) is 5.32 Å². The zero-order chi connectivity index (χ0) is 13.0. The highest BCUT2D eigenvalue weighted by Gasteiger charge is 2.24. The second-order valence-electron chi connectivity index (χ2n) is 4.96. The molecule has 1 fully saturated rings. The first-order chi connectivity index (χ1) is 8.69. The molecular weight excluding hydrogens is 228 g/mol. The van der Waals surface area contributed by atoms with Gasteiger partial charge in [-0.05, 0) is 25.0 Å². The molecule has 0 aliphatic heterocycles. The van der Waals surface area contributed by atoms with E-state index in [-0.39, 0.29) is 5.91 Å². The van der Waals surface area contributed by atoms with Gasteiger partial charge in [0.1, 0.15) is 12.3 Å². The number of hydrogen-bond donors (Lipinski definition) is 2. The third kappa shape index (κ3) is 3.74. The van der Waals surface area contributed by atoms with Crippen molar-refractivity contribution in [3.8, 4) is 5.75 Å². The molecule has 1 unspecified atom stereocenters. The van der Waals surface area contributed by atoms with Crippen LogP contribution in [0, 0.1) is 0 Å². The molecule has 2 N–H and O–H groups in total. The molecule has 2 rings (SSSR count). The van der Waals surface area contributed by atoms with E-state index < -0.39 is 0 Å². The van der Waals surface area contributed by atoms with Crippen LogP contribution < -0.4 is 15.0 Å². The molecule has 1 aromatic rings. The number of methoxy groups -OCH3 is 1. The Morgan fingerprint density at radius 1 is 1.44 bits per heavy atom. The van der Waals surface area contributed by atoms with Gasteiger partial charge in [0, 0.05) is 11.6 Å². The Hall–Kier alpha value is -1.55. The maximum absolute atomic E-state index is 11.7. The molecule has 18 heavy (non-hydrogen) atoms. The molecule has 1 saturated carbocycles. The maximum atomic E-state index is 11.7. The van der Waals surface area contributed by atoms with Crippen LogP contribution in [0.15, 0.2) is 24.3 Å². The van der Waals surface area contributed by atoms with Crippen molar-refractivity contribution in [3.63, 3.8) is 0 Å². The van der Waals surface area contributed by atoms with Crippen molar-refractivity contribution in [2.75, 3.05) is 20.7 Å². The first kappa shape index (κ1) is 12.9. The molecule has 0 heterocycles. The fourth-order valence-corrected chi connectivity index (χ4v) is 2.02. The van der Waals surface area contributed by atoms with E-state index in [1.165, 1.54) is 0 Å². The van der Waals surface area contributed by atoms with Crippen LogP contribution in [0.1, 0.15) is 18.4 Å². The first-order valence-electron chi connectivity index (χ1n) is 6.41. The van der Waals surface area contributed by atoms with Crippen molar-refractivity contribution < 1.29 is 14.4 Å². The lowest BCUT2D eigenvalue weighted by Gasteiger charge is -2.15. The van der Waals surface area contributed by atoms with Crippen LogP contribution in [0.2, 0.25) is 0 Å². The van der Waals surface area contributed by atoms with Gasteiger partial charge in [-0.25, -0.2) is 0 Å². The summed E-state index contributed by atoms with van der Waals surface area (Å²) in [5, 5.41) is 3.01. The topological polar surface area (TPSA) is 42.8 Å². The zero-order valence-electron chi connectivity index (χ0n) is 11.0. The Morgan fingerprint density at radius 3 is 2.83 bits per heavy atom. The van der Waals surface area contributed by atoms with Crippen LogP contribution in [-0.2, 0) is 11.3 Å². The third-order valence-electron chi connectivity index (χ3n) is 3.09. The van der Waals surface area contributed by atoms with Gasteiger partial charge in [-0.1, -0.05) is 12.1 Å². The van der Waals surface area contributed by atoms with E-state index in [1.54, 1.807) is 7.11 Å². The first-order valence-corrected chi connectivity index (χ1v) is 6.41. The van der Waals surface area contributed by atoms with Gasteiger partial charge in [-0.15, -0.1) is 0 Å². The minimum absolute atomic E-state index is 0.143. The summed E-state index contributed by atoms with van der Waals surface area (Å²) in [4.78, 5) is 12.8. The van der Waals surface area contributed by atoms with E-state index in [0.29, 0.717) is 12.6 Å². The summed E-state index contributed by atoms with van der Waals surface area (Å²) in [5.74, 6) is 1.03. The molecule has 1 aliphatic rings. The van der Waals surface area contributed by atoms with Crippen molar-refractivity contribution in [2.24, 2.45) is 0 Å². The van der Waals surface area contributed by atoms with E-state index in [9.17, 15) is 4.79 Å². The highest BCUT2D eigenvalue weighted by atomic mass is 16.5. The molecule has 0 bridgehead atoms. The normalized spacial score (nSPS) is 16.1. The molecule has 0 aromatic heterocycles. The molecule has 4 nitrogen and oxygen atoms in total. The number of nitrogens with one attached hydrogen (secondary N) is 2. The van der Waals surface area contributed by atoms with E-state index in [4.69, 9.17) is 4.74 Å². The van der Waals surface area contributed by atoms with Crippen molar-refractivity contribution in [3.05, 3.63) is 29.8 Å². The van der Waals surface area contributed by atoms with Gasteiger partial charge >= 0.3 is 0 Å². The number of ether oxygens (including phenoxy) is 1. The Balaban J connectivity index is 1.85. The third-order valence-corrected chi connectivity index (χ3v) is 3.09. The number of para-hydroxylation sites is 1. The second-order valence-corrected chi connectivity index (χ2v) is 4.96. The lowest BCUT2D eigenvalue weighted by atomic mass is 10.2. The summed E-state index contributed by atoms with van der Waals surface area (Å²) in [6, 6.07) is 8.39. The molecule has 1 aromatic carbocycles. The summed E-state index contributed by atoms with van der Waals surface area (Å²) < 4.78 is 5.31. The summed E-state index contributed by atoms with van der Waals surface area (Å²) in [5.41, 5.74) is 1.14. The van der Waals surface area contributed by atoms with Crippen LogP contribution in [0.4, 0.5) is 0 Å². The summed E-state index contributed by atoms with van der Waals surface area (Å²) in [7, 11) is 3.70. The lowest BCUT2D eigenvalue weighted by molar-refractivity contribution is -0.885. The molecule has 0 saturated heterocycles. The molecule has 98 valence electrons. The van der Waals surface area contributed by atoms with Gasteiger partial charge in [0.05, 0.1) is 14.2 Å². The lowest BCUT2D eigenvalue weighted by Crippen LogP contribution is -3.08. The van der Waals surface area contributed by atoms with Crippen LogP contribution in [-0.4, -0.2) is 32.7 Å². The zero-order valence-corrected chi connectivity index (χ0v) is 11.0. The molecule has 0 radical (unpaired) electrons. The van der Waals surface area contributed by atoms with Gasteiger partial charge < -0.3 is 15.0 Å². The second kappa shape index (κ2) is 5.87. The SMILES string of the molecule is COc1ccccc1C[NH+](C)CC(=O)NC1CC1. The Bertz CT molecular complexity index is 416. The number of rotatable bonds is 6. The molecule has 4 heteroatoms. The summed E-state index contributed by atoms with van der Waals surface area (Å²) in [6.45, 7) is 1.30. The highest BCUT2D eigenvalue weighted by Crippen LogP contribution is 2.18. The van der Waals surface area contributed by atoms with Crippen molar-refractivity contribution >= 4 is 5.91 Å². The molecule has 0 spiro atoms. The molecule has 1 atom stereocenters. The average Bonchev–Trinajstić information content (AvgIpc) is 3.13. The van der Waals surface area contributed by atoms with Crippen LogP contribution in [0.3, 0.4) is 0 Å². The average molecular weight is 249 g/mol. The van der Waals surface area contributed by atoms with Gasteiger partial charge in [-0.3, -0.25) is 4.79 Å². The summed E-state index contributed by atoms with van der Waals surface area (Å²) in [6.07, 6.45) is 2.27. The van der Waals surface area contributed by atoms with Crippen LogP contribution >= 0.6 is 0 Å². The monoisotopic (exact) mass is 249 g/mol. The number of carbonyl (C=O) groups is 1. The standard InChI is InChI=1S/C14H20N2O2/c1-16(10-14(17)15-12-7-8-12)9-11-5-3-4-6-13(11)18-2/h3-6,12H,7-10H2,1-2H3,(H,15,17)/p+1. The highest BCUT2D eigenvalue weighted by molar-refractivity contribution is 5.77. The van der Waals surface area contributed by atoms with Gasteiger partial charge in [0.15, 0.2) is 6.54 Å². The number of carbonyl (C=O) groups excluding carboxylic acids is 1. The number of benzene rings is 1. The Labute approximate surface area is 108 Å². The van der Waals surface area contributed by atoms with Crippen LogP contribution in [0.25, 0.3) is 0 Å². The minimum Gasteiger partial charge on any atom is -0.496 e. The van der Waals surface area contributed by atoms with Gasteiger partial charge in [0.25, 0.3) is 5.91 Å². The predicted molar refractivity (Wildman–Crippen MR) is 69.6 cm³/mol.